The van der Waals surface area contributed by atoms with Crippen LogP contribution in [0.25, 0.3) is 0 Å². The smallest absolute Gasteiger partial charge is 0.133 e. The van der Waals surface area contributed by atoms with E-state index in [1.165, 1.54) is 12.8 Å². The van der Waals surface area contributed by atoms with Crippen molar-refractivity contribution >= 4 is 0 Å². The van der Waals surface area contributed by atoms with E-state index in [-0.39, 0.29) is 5.41 Å². The highest BCUT2D eigenvalue weighted by molar-refractivity contribution is 5.00. The molecule has 4 nitrogen and oxygen atoms in total. The van der Waals surface area contributed by atoms with Crippen molar-refractivity contribution in [3.63, 3.8) is 0 Å². The molecular formula is C13H24N4. The highest BCUT2D eigenvalue weighted by atomic mass is 15.3. The zero-order valence-electron chi connectivity index (χ0n) is 11.5. The van der Waals surface area contributed by atoms with Gasteiger partial charge < -0.3 is 9.88 Å². The van der Waals surface area contributed by atoms with E-state index in [0.717, 1.165) is 31.2 Å². The summed E-state index contributed by atoms with van der Waals surface area (Å²) in [7, 11) is 0. The van der Waals surface area contributed by atoms with Gasteiger partial charge in [0.25, 0.3) is 0 Å². The second-order valence-electron chi connectivity index (χ2n) is 6.25. The van der Waals surface area contributed by atoms with E-state index in [0.29, 0.717) is 6.04 Å². The Kier molecular flexibility index (Phi) is 3.52. The lowest BCUT2D eigenvalue weighted by Gasteiger charge is -2.27. The van der Waals surface area contributed by atoms with E-state index in [4.69, 9.17) is 0 Å². The Morgan fingerprint density at radius 2 is 1.88 bits per heavy atom. The number of hydrogen-bond donors (Lipinski definition) is 1. The molecule has 17 heavy (non-hydrogen) atoms. The van der Waals surface area contributed by atoms with Crippen molar-refractivity contribution in [1.82, 2.24) is 20.1 Å². The Balaban J connectivity index is 2.22. The molecule has 1 aromatic rings. The fourth-order valence-corrected chi connectivity index (χ4v) is 2.55. The second-order valence-corrected chi connectivity index (χ2v) is 6.25. The molecule has 0 saturated carbocycles. The Bertz CT molecular complexity index is 369. The third-order valence-electron chi connectivity index (χ3n) is 3.30. The largest absolute Gasteiger partial charge is 0.317 e. The SMILES string of the molecule is Cc1nnc(CC(C)(C)C)n1C1CCNCC1. The van der Waals surface area contributed by atoms with Gasteiger partial charge in [-0.1, -0.05) is 20.8 Å². The topological polar surface area (TPSA) is 42.7 Å². The quantitative estimate of drug-likeness (QED) is 0.855. The van der Waals surface area contributed by atoms with E-state index in [9.17, 15) is 0 Å². The fourth-order valence-electron chi connectivity index (χ4n) is 2.55. The van der Waals surface area contributed by atoms with Crippen LogP contribution in [0.4, 0.5) is 0 Å². The molecule has 0 amide bonds. The molecule has 0 spiro atoms. The van der Waals surface area contributed by atoms with Gasteiger partial charge in [0.2, 0.25) is 0 Å². The molecule has 0 unspecified atom stereocenters. The van der Waals surface area contributed by atoms with Gasteiger partial charge in [0, 0.05) is 12.5 Å². The third kappa shape index (κ3) is 3.06. The van der Waals surface area contributed by atoms with Crippen LogP contribution in [-0.2, 0) is 6.42 Å². The van der Waals surface area contributed by atoms with E-state index in [1.54, 1.807) is 0 Å². The van der Waals surface area contributed by atoms with Crippen molar-refractivity contribution < 1.29 is 0 Å². The molecule has 0 atom stereocenters. The number of aryl methyl sites for hydroxylation is 1. The first-order chi connectivity index (χ1) is 7.97. The first kappa shape index (κ1) is 12.6. The molecule has 0 bridgehead atoms. The van der Waals surface area contributed by atoms with Gasteiger partial charge in [0.1, 0.15) is 11.6 Å². The van der Waals surface area contributed by atoms with Crippen LogP contribution in [0.15, 0.2) is 0 Å². The van der Waals surface area contributed by atoms with Gasteiger partial charge >= 0.3 is 0 Å². The van der Waals surface area contributed by atoms with Gasteiger partial charge in [-0.25, -0.2) is 0 Å². The highest BCUT2D eigenvalue weighted by Crippen LogP contribution is 2.26. The predicted octanol–water partition coefficient (Wildman–Crippen LogP) is 2.10. The van der Waals surface area contributed by atoms with Crippen molar-refractivity contribution in [2.75, 3.05) is 13.1 Å². The van der Waals surface area contributed by atoms with Crippen LogP contribution >= 0.6 is 0 Å². The number of piperidine rings is 1. The number of nitrogens with one attached hydrogen (secondary N) is 1. The van der Waals surface area contributed by atoms with E-state index >= 15 is 0 Å². The second kappa shape index (κ2) is 4.77. The van der Waals surface area contributed by atoms with Crippen molar-refractivity contribution in [2.45, 2.75) is 53.0 Å². The summed E-state index contributed by atoms with van der Waals surface area (Å²) in [6.45, 7) is 11.0. The van der Waals surface area contributed by atoms with Gasteiger partial charge in [-0.15, -0.1) is 10.2 Å². The summed E-state index contributed by atoms with van der Waals surface area (Å²) in [6.07, 6.45) is 3.38. The van der Waals surface area contributed by atoms with E-state index in [1.807, 2.05) is 0 Å². The summed E-state index contributed by atoms with van der Waals surface area (Å²) in [5.74, 6) is 2.22. The zero-order chi connectivity index (χ0) is 12.5. The molecule has 1 aromatic heterocycles. The maximum atomic E-state index is 4.37. The Morgan fingerprint density at radius 1 is 1.24 bits per heavy atom. The standard InChI is InChI=1S/C13H24N4/c1-10-15-16-12(9-13(2,3)4)17(10)11-5-7-14-8-6-11/h11,14H,5-9H2,1-4H3. The summed E-state index contributed by atoms with van der Waals surface area (Å²) in [4.78, 5) is 0. The lowest BCUT2D eigenvalue weighted by molar-refractivity contribution is 0.333. The lowest BCUT2D eigenvalue weighted by atomic mass is 9.91. The highest BCUT2D eigenvalue weighted by Gasteiger charge is 2.23. The molecule has 1 saturated heterocycles. The fraction of sp³-hybridized carbons (Fsp3) is 0.846. The molecule has 0 aliphatic carbocycles. The van der Waals surface area contributed by atoms with Crippen LogP contribution in [0, 0.1) is 12.3 Å². The molecule has 1 aliphatic heterocycles. The van der Waals surface area contributed by atoms with Gasteiger partial charge in [-0.05, 0) is 38.3 Å². The van der Waals surface area contributed by atoms with Crippen LogP contribution in [0.3, 0.4) is 0 Å². The van der Waals surface area contributed by atoms with E-state index in [2.05, 4.69) is 47.8 Å². The molecule has 1 N–H and O–H groups in total. The molecule has 0 radical (unpaired) electrons. The molecule has 96 valence electrons. The van der Waals surface area contributed by atoms with Crippen molar-refractivity contribution in [1.29, 1.82) is 0 Å². The molecule has 4 heteroatoms. The third-order valence-corrected chi connectivity index (χ3v) is 3.30. The summed E-state index contributed by atoms with van der Waals surface area (Å²) in [5.41, 5.74) is 0.268. The molecule has 0 aromatic carbocycles. The number of rotatable bonds is 2. The van der Waals surface area contributed by atoms with Crippen LogP contribution in [0.1, 0.15) is 51.3 Å². The van der Waals surface area contributed by atoms with Crippen molar-refractivity contribution in [2.24, 2.45) is 5.41 Å². The number of hydrogen-bond acceptors (Lipinski definition) is 3. The average molecular weight is 236 g/mol. The minimum absolute atomic E-state index is 0.268. The Morgan fingerprint density at radius 3 is 2.47 bits per heavy atom. The molecule has 2 heterocycles. The molecule has 2 rings (SSSR count). The van der Waals surface area contributed by atoms with Gasteiger partial charge in [-0.3, -0.25) is 0 Å². The average Bonchev–Trinajstić information content (AvgIpc) is 2.58. The minimum atomic E-state index is 0.268. The number of aromatic nitrogens is 3. The van der Waals surface area contributed by atoms with Gasteiger partial charge in [0.05, 0.1) is 0 Å². The van der Waals surface area contributed by atoms with Crippen LogP contribution in [0.2, 0.25) is 0 Å². The van der Waals surface area contributed by atoms with Crippen LogP contribution in [0.5, 0.6) is 0 Å². The molecular weight excluding hydrogens is 212 g/mol. The summed E-state index contributed by atoms with van der Waals surface area (Å²) in [5, 5.41) is 12.0. The van der Waals surface area contributed by atoms with Crippen LogP contribution < -0.4 is 5.32 Å². The van der Waals surface area contributed by atoms with E-state index < -0.39 is 0 Å². The minimum Gasteiger partial charge on any atom is -0.317 e. The van der Waals surface area contributed by atoms with Gasteiger partial charge in [-0.2, -0.15) is 0 Å². The monoisotopic (exact) mass is 236 g/mol. The normalized spacial score (nSPS) is 18.6. The molecule has 1 aliphatic rings. The Hall–Kier alpha value is -0.900. The zero-order valence-corrected chi connectivity index (χ0v) is 11.5. The van der Waals surface area contributed by atoms with Crippen molar-refractivity contribution in [3.05, 3.63) is 11.6 Å². The lowest BCUT2D eigenvalue weighted by Crippen LogP contribution is -2.31. The summed E-state index contributed by atoms with van der Waals surface area (Å²) >= 11 is 0. The Labute approximate surface area is 104 Å². The first-order valence-electron chi connectivity index (χ1n) is 6.58. The van der Waals surface area contributed by atoms with Crippen LogP contribution in [-0.4, -0.2) is 27.9 Å². The summed E-state index contributed by atoms with van der Waals surface area (Å²) in [6, 6.07) is 0.587. The number of nitrogens with zero attached hydrogens (tertiary/aromatic N) is 3. The van der Waals surface area contributed by atoms with Crippen molar-refractivity contribution in [3.8, 4) is 0 Å². The maximum Gasteiger partial charge on any atom is 0.133 e. The van der Waals surface area contributed by atoms with Gasteiger partial charge in [0.15, 0.2) is 0 Å². The maximum absolute atomic E-state index is 4.37. The first-order valence-corrected chi connectivity index (χ1v) is 6.58. The predicted molar refractivity (Wildman–Crippen MR) is 69.1 cm³/mol. The molecule has 1 fully saturated rings. The summed E-state index contributed by atoms with van der Waals surface area (Å²) < 4.78 is 2.37.